The highest BCUT2D eigenvalue weighted by Gasteiger charge is 2.39. The first-order valence-corrected chi connectivity index (χ1v) is 7.98. The first-order chi connectivity index (χ1) is 11.1. The van der Waals surface area contributed by atoms with Gasteiger partial charge in [-0.1, -0.05) is 31.0 Å². The second-order valence-corrected chi connectivity index (χ2v) is 6.65. The van der Waals surface area contributed by atoms with Gasteiger partial charge in [0, 0.05) is 24.7 Å². The highest BCUT2D eigenvalue weighted by atomic mass is 35.5. The number of rotatable bonds is 4. The number of alkyl halides is 3. The van der Waals surface area contributed by atoms with Gasteiger partial charge in [-0.15, -0.1) is 25.6 Å². The van der Waals surface area contributed by atoms with Gasteiger partial charge >= 0.3 is 6.36 Å². The zero-order valence-corrected chi connectivity index (χ0v) is 15.1. The third kappa shape index (κ3) is 5.78. The predicted molar refractivity (Wildman–Crippen MR) is 91.4 cm³/mol. The summed E-state index contributed by atoms with van der Waals surface area (Å²) in [5, 5.41) is 0. The minimum absolute atomic E-state index is 0. The summed E-state index contributed by atoms with van der Waals surface area (Å²) < 4.78 is 41.5. The number of nitrogens with two attached hydrogens (primary N) is 1. The van der Waals surface area contributed by atoms with E-state index in [0.717, 1.165) is 19.3 Å². The molecule has 1 aromatic rings. The van der Waals surface area contributed by atoms with Gasteiger partial charge in [0.1, 0.15) is 5.75 Å². The summed E-state index contributed by atoms with van der Waals surface area (Å²) in [6.07, 6.45) is -1.37. The van der Waals surface area contributed by atoms with E-state index in [4.69, 9.17) is 5.73 Å². The average Bonchev–Trinajstić information content (AvgIpc) is 2.46. The third-order valence-corrected chi connectivity index (χ3v) is 4.53. The van der Waals surface area contributed by atoms with Gasteiger partial charge in [0.15, 0.2) is 0 Å². The average molecular weight is 381 g/mol. The van der Waals surface area contributed by atoms with Crippen molar-refractivity contribution in [2.75, 3.05) is 7.05 Å². The van der Waals surface area contributed by atoms with Crippen LogP contribution in [0.3, 0.4) is 0 Å². The van der Waals surface area contributed by atoms with E-state index in [1.165, 1.54) is 23.1 Å². The van der Waals surface area contributed by atoms with Crippen molar-refractivity contribution in [2.24, 2.45) is 11.7 Å². The van der Waals surface area contributed by atoms with Crippen molar-refractivity contribution in [3.05, 3.63) is 29.8 Å². The van der Waals surface area contributed by atoms with Crippen molar-refractivity contribution in [2.45, 2.75) is 51.1 Å². The molecule has 0 spiro atoms. The van der Waals surface area contributed by atoms with Gasteiger partial charge < -0.3 is 15.4 Å². The summed E-state index contributed by atoms with van der Waals surface area (Å²) in [6, 6.07) is 5.84. The molecule has 142 valence electrons. The Bertz CT molecular complexity index is 594. The molecule has 1 aliphatic rings. The number of hydrogen-bond donors (Lipinski definition) is 1. The van der Waals surface area contributed by atoms with Crippen molar-refractivity contribution in [3.63, 3.8) is 0 Å². The smallest absolute Gasteiger partial charge is 0.405 e. The lowest BCUT2D eigenvalue weighted by molar-refractivity contribution is -0.275. The number of carbonyl (C=O) groups excluding carboxylic acids is 1. The maximum Gasteiger partial charge on any atom is 0.573 e. The SMILES string of the molecule is CN(Cc1ccccc1OC(F)(F)F)C(=O)C1CCCCC1(C)N.Cl. The standard InChI is InChI=1S/C17H23F3N2O2.ClH/c1-16(21)10-6-5-8-13(16)15(23)22(2)11-12-7-3-4-9-14(12)24-17(18,19)20;/h3-4,7,9,13H,5-6,8,10-11,21H2,1-2H3;1H. The maximum atomic E-state index is 12.7. The molecule has 4 nitrogen and oxygen atoms in total. The summed E-state index contributed by atoms with van der Waals surface area (Å²) in [5.41, 5.74) is 5.97. The quantitative estimate of drug-likeness (QED) is 0.862. The normalized spacial score (nSPS) is 23.5. The molecule has 1 saturated carbocycles. The minimum Gasteiger partial charge on any atom is -0.405 e. The van der Waals surface area contributed by atoms with Crippen molar-refractivity contribution in [1.82, 2.24) is 4.90 Å². The van der Waals surface area contributed by atoms with Crippen LogP contribution in [-0.4, -0.2) is 29.8 Å². The molecule has 0 aromatic heterocycles. The molecule has 1 aliphatic carbocycles. The molecule has 1 aromatic carbocycles. The summed E-state index contributed by atoms with van der Waals surface area (Å²) in [6.45, 7) is 1.90. The van der Waals surface area contributed by atoms with Crippen LogP contribution >= 0.6 is 12.4 Å². The lowest BCUT2D eigenvalue weighted by Crippen LogP contribution is -2.53. The van der Waals surface area contributed by atoms with Crippen LogP contribution in [0.2, 0.25) is 0 Å². The van der Waals surface area contributed by atoms with Crippen LogP contribution < -0.4 is 10.5 Å². The van der Waals surface area contributed by atoms with Crippen LogP contribution in [0.5, 0.6) is 5.75 Å². The van der Waals surface area contributed by atoms with E-state index in [9.17, 15) is 18.0 Å². The Labute approximate surface area is 151 Å². The number of carbonyl (C=O) groups is 1. The van der Waals surface area contributed by atoms with E-state index in [1.54, 1.807) is 13.1 Å². The van der Waals surface area contributed by atoms with Crippen LogP contribution in [0.1, 0.15) is 38.2 Å². The number of nitrogens with zero attached hydrogens (tertiary/aromatic N) is 1. The molecule has 25 heavy (non-hydrogen) atoms. The van der Waals surface area contributed by atoms with E-state index in [2.05, 4.69) is 4.74 Å². The van der Waals surface area contributed by atoms with Gasteiger partial charge in [-0.2, -0.15) is 0 Å². The van der Waals surface area contributed by atoms with Crippen molar-refractivity contribution >= 4 is 18.3 Å². The fourth-order valence-corrected chi connectivity index (χ4v) is 3.22. The van der Waals surface area contributed by atoms with Crippen LogP contribution in [0, 0.1) is 5.92 Å². The zero-order chi connectivity index (χ0) is 18.0. The molecule has 0 heterocycles. The first kappa shape index (κ1) is 21.6. The zero-order valence-electron chi connectivity index (χ0n) is 14.3. The predicted octanol–water partition coefficient (Wildman–Crippen LogP) is 3.87. The van der Waals surface area contributed by atoms with Crippen molar-refractivity contribution in [1.29, 1.82) is 0 Å². The lowest BCUT2D eigenvalue weighted by Gasteiger charge is -2.39. The van der Waals surface area contributed by atoms with Crippen LogP contribution in [0.15, 0.2) is 24.3 Å². The molecule has 2 rings (SSSR count). The van der Waals surface area contributed by atoms with Crippen LogP contribution in [-0.2, 0) is 11.3 Å². The van der Waals surface area contributed by atoms with Crippen molar-refractivity contribution < 1.29 is 22.7 Å². The van der Waals surface area contributed by atoms with Gasteiger partial charge in [-0.05, 0) is 25.8 Å². The van der Waals surface area contributed by atoms with Crippen LogP contribution in [0.4, 0.5) is 13.2 Å². The van der Waals surface area contributed by atoms with E-state index >= 15 is 0 Å². The number of amides is 1. The monoisotopic (exact) mass is 380 g/mol. The van der Waals surface area contributed by atoms with E-state index in [0.29, 0.717) is 12.0 Å². The Balaban J connectivity index is 0.00000312. The molecule has 8 heteroatoms. The Kier molecular flexibility index (Phi) is 7.14. The molecule has 0 radical (unpaired) electrons. The lowest BCUT2D eigenvalue weighted by atomic mass is 9.74. The molecular weight excluding hydrogens is 357 g/mol. The van der Waals surface area contributed by atoms with E-state index in [1.807, 2.05) is 6.92 Å². The van der Waals surface area contributed by atoms with Crippen LogP contribution in [0.25, 0.3) is 0 Å². The second-order valence-electron chi connectivity index (χ2n) is 6.65. The van der Waals surface area contributed by atoms with Gasteiger partial charge in [-0.25, -0.2) is 0 Å². The highest BCUT2D eigenvalue weighted by Crippen LogP contribution is 2.33. The van der Waals surface area contributed by atoms with Gasteiger partial charge in [0.25, 0.3) is 0 Å². The molecule has 2 N–H and O–H groups in total. The molecule has 0 saturated heterocycles. The maximum absolute atomic E-state index is 12.7. The van der Waals surface area contributed by atoms with Gasteiger partial charge in [-0.3, -0.25) is 4.79 Å². The second kappa shape index (κ2) is 8.27. The Morgan fingerprint density at radius 2 is 2.00 bits per heavy atom. The Morgan fingerprint density at radius 3 is 2.60 bits per heavy atom. The number of benzene rings is 1. The summed E-state index contributed by atoms with van der Waals surface area (Å²) in [5.74, 6) is -0.739. The largest absolute Gasteiger partial charge is 0.573 e. The number of ether oxygens (including phenoxy) is 1. The fourth-order valence-electron chi connectivity index (χ4n) is 3.22. The van der Waals surface area contributed by atoms with Gasteiger partial charge in [0.05, 0.1) is 5.92 Å². The number of para-hydroxylation sites is 1. The topological polar surface area (TPSA) is 55.6 Å². The number of halogens is 4. The molecule has 2 atom stereocenters. The first-order valence-electron chi connectivity index (χ1n) is 7.98. The molecule has 0 bridgehead atoms. The van der Waals surface area contributed by atoms with Crippen molar-refractivity contribution in [3.8, 4) is 5.75 Å². The molecule has 0 aliphatic heterocycles. The molecular formula is C17H24ClF3N2O2. The summed E-state index contributed by atoms with van der Waals surface area (Å²) in [4.78, 5) is 14.1. The van der Waals surface area contributed by atoms with E-state index < -0.39 is 11.9 Å². The summed E-state index contributed by atoms with van der Waals surface area (Å²) >= 11 is 0. The fraction of sp³-hybridized carbons (Fsp3) is 0.588. The molecule has 1 amide bonds. The molecule has 2 unspecified atom stereocenters. The highest BCUT2D eigenvalue weighted by molar-refractivity contribution is 5.85. The minimum atomic E-state index is -4.77. The summed E-state index contributed by atoms with van der Waals surface area (Å²) in [7, 11) is 1.58. The Hall–Kier alpha value is -1.47. The molecule has 1 fully saturated rings. The van der Waals surface area contributed by atoms with E-state index in [-0.39, 0.29) is 36.5 Å². The number of hydrogen-bond acceptors (Lipinski definition) is 3. The third-order valence-electron chi connectivity index (χ3n) is 4.53. The van der Waals surface area contributed by atoms with Gasteiger partial charge in [0.2, 0.25) is 5.91 Å². The Morgan fingerprint density at radius 1 is 1.36 bits per heavy atom.